The third-order valence-electron chi connectivity index (χ3n) is 3.16. The fourth-order valence-corrected chi connectivity index (χ4v) is 2.41. The smallest absolute Gasteiger partial charge is 0.0198 e. The number of rotatable bonds is 3. The third kappa shape index (κ3) is 2.42. The Morgan fingerprint density at radius 3 is 2.38 bits per heavy atom. The van der Waals surface area contributed by atoms with Gasteiger partial charge in [0.2, 0.25) is 0 Å². The van der Waals surface area contributed by atoms with Crippen LogP contribution >= 0.6 is 0 Å². The van der Waals surface area contributed by atoms with Gasteiger partial charge in [0.15, 0.2) is 0 Å². The molecule has 0 spiro atoms. The Morgan fingerprint density at radius 2 is 1.85 bits per heavy atom. The molecule has 2 heterocycles. The Morgan fingerprint density at radius 1 is 1.23 bits per heavy atom. The summed E-state index contributed by atoms with van der Waals surface area (Å²) in [6, 6.07) is 1.59. The van der Waals surface area contributed by atoms with Gasteiger partial charge in [-0.1, -0.05) is 0 Å². The van der Waals surface area contributed by atoms with Gasteiger partial charge in [0.1, 0.15) is 0 Å². The molecule has 13 heavy (non-hydrogen) atoms. The van der Waals surface area contributed by atoms with Crippen molar-refractivity contribution in [2.45, 2.75) is 24.9 Å². The van der Waals surface area contributed by atoms with Crippen molar-refractivity contribution in [2.24, 2.45) is 0 Å². The van der Waals surface area contributed by atoms with E-state index in [4.69, 9.17) is 0 Å². The molecule has 2 aliphatic heterocycles. The Hall–Kier alpha value is -0.120. The minimum absolute atomic E-state index is 0.793. The molecule has 0 radical (unpaired) electrons. The lowest BCUT2D eigenvalue weighted by molar-refractivity contribution is 0.180. The summed E-state index contributed by atoms with van der Waals surface area (Å²) in [6.07, 6.45) is 2.78. The molecule has 1 N–H and O–H groups in total. The van der Waals surface area contributed by atoms with Crippen LogP contribution in [0, 0.1) is 0 Å². The van der Waals surface area contributed by atoms with E-state index < -0.39 is 0 Å². The van der Waals surface area contributed by atoms with Gasteiger partial charge in [-0.25, -0.2) is 0 Å². The van der Waals surface area contributed by atoms with E-state index >= 15 is 0 Å². The maximum atomic E-state index is 3.65. The molecule has 2 atom stereocenters. The highest BCUT2D eigenvalue weighted by atomic mass is 15.2. The maximum absolute atomic E-state index is 3.65. The first-order valence-corrected chi connectivity index (χ1v) is 5.37. The van der Waals surface area contributed by atoms with E-state index in [1.165, 1.54) is 39.0 Å². The second-order valence-electron chi connectivity index (χ2n) is 4.70. The van der Waals surface area contributed by atoms with Gasteiger partial charge in [-0.15, -0.1) is 0 Å². The van der Waals surface area contributed by atoms with Crippen molar-refractivity contribution in [3.8, 4) is 0 Å². The molecule has 2 aliphatic rings. The van der Waals surface area contributed by atoms with Crippen LogP contribution in [0.1, 0.15) is 12.8 Å². The Bertz CT molecular complexity index is 158. The molecule has 2 rings (SSSR count). The molecule has 2 saturated heterocycles. The number of nitrogens with zero attached hydrogens (tertiary/aromatic N) is 2. The van der Waals surface area contributed by atoms with Crippen molar-refractivity contribution in [1.82, 2.24) is 15.1 Å². The lowest BCUT2D eigenvalue weighted by atomic mass is 10.2. The topological polar surface area (TPSA) is 18.5 Å². The first kappa shape index (κ1) is 9.44. The first-order chi connectivity index (χ1) is 6.24. The fraction of sp³-hybridized carbons (Fsp3) is 1.00. The van der Waals surface area contributed by atoms with E-state index in [1.54, 1.807) is 0 Å². The van der Waals surface area contributed by atoms with Crippen molar-refractivity contribution < 1.29 is 0 Å². The highest BCUT2D eigenvalue weighted by molar-refractivity contribution is 4.92. The summed E-state index contributed by atoms with van der Waals surface area (Å²) >= 11 is 0. The number of hydrogen-bond donors (Lipinski definition) is 1. The maximum Gasteiger partial charge on any atom is 0.0198 e. The van der Waals surface area contributed by atoms with Gasteiger partial charge in [0.05, 0.1) is 0 Å². The van der Waals surface area contributed by atoms with Gasteiger partial charge in [-0.3, -0.25) is 4.90 Å². The lowest BCUT2D eigenvalue weighted by Gasteiger charge is -2.33. The lowest BCUT2D eigenvalue weighted by Crippen LogP contribution is -2.52. The second kappa shape index (κ2) is 3.95. The highest BCUT2D eigenvalue weighted by Crippen LogP contribution is 2.19. The zero-order valence-electron chi connectivity index (χ0n) is 8.79. The van der Waals surface area contributed by atoms with Crippen LogP contribution in [0.2, 0.25) is 0 Å². The van der Waals surface area contributed by atoms with Crippen LogP contribution in [0.3, 0.4) is 0 Å². The van der Waals surface area contributed by atoms with Crippen LogP contribution in [-0.2, 0) is 0 Å². The fourth-order valence-electron chi connectivity index (χ4n) is 2.41. The molecule has 0 aromatic carbocycles. The molecule has 0 aromatic rings. The number of hydrogen-bond acceptors (Lipinski definition) is 3. The summed E-state index contributed by atoms with van der Waals surface area (Å²) in [5, 5.41) is 3.65. The summed E-state index contributed by atoms with van der Waals surface area (Å²) in [7, 11) is 4.30. The standard InChI is InChI=1S/C10H21N3/c1-12(2)5-6-13-7-9-3-4-10(8-13)11-9/h9-11H,3-8H2,1-2H3. The van der Waals surface area contributed by atoms with Gasteiger partial charge in [0.25, 0.3) is 0 Å². The normalized spacial score (nSPS) is 34.4. The van der Waals surface area contributed by atoms with E-state index in [-0.39, 0.29) is 0 Å². The van der Waals surface area contributed by atoms with Crippen molar-refractivity contribution in [3.05, 3.63) is 0 Å². The molecule has 2 fully saturated rings. The molecule has 3 heteroatoms. The molecule has 3 nitrogen and oxygen atoms in total. The van der Waals surface area contributed by atoms with Crippen molar-refractivity contribution in [1.29, 1.82) is 0 Å². The summed E-state index contributed by atoms with van der Waals surface area (Å²) in [5.74, 6) is 0. The van der Waals surface area contributed by atoms with Crippen LogP contribution in [0.5, 0.6) is 0 Å². The van der Waals surface area contributed by atoms with Gasteiger partial charge in [-0.2, -0.15) is 0 Å². The zero-order chi connectivity index (χ0) is 9.26. The number of likely N-dealkylation sites (N-methyl/N-ethyl adjacent to an activating group) is 1. The summed E-state index contributed by atoms with van der Waals surface area (Å²) < 4.78 is 0. The van der Waals surface area contributed by atoms with Crippen molar-refractivity contribution in [3.63, 3.8) is 0 Å². The summed E-state index contributed by atoms with van der Waals surface area (Å²) in [4.78, 5) is 4.88. The van der Waals surface area contributed by atoms with Gasteiger partial charge >= 0.3 is 0 Å². The van der Waals surface area contributed by atoms with E-state index in [0.717, 1.165) is 12.1 Å². The second-order valence-corrected chi connectivity index (χ2v) is 4.70. The van der Waals surface area contributed by atoms with Crippen LogP contribution in [0.4, 0.5) is 0 Å². The first-order valence-electron chi connectivity index (χ1n) is 5.37. The molecule has 2 unspecified atom stereocenters. The summed E-state index contributed by atoms with van der Waals surface area (Å²) in [5.41, 5.74) is 0. The minimum atomic E-state index is 0.793. The molecule has 0 amide bonds. The number of piperazine rings is 1. The average molecular weight is 183 g/mol. The largest absolute Gasteiger partial charge is 0.309 e. The van der Waals surface area contributed by atoms with E-state index in [1.807, 2.05) is 0 Å². The quantitative estimate of drug-likeness (QED) is 0.663. The van der Waals surface area contributed by atoms with Gasteiger partial charge < -0.3 is 10.2 Å². The number of fused-ring (bicyclic) bond motifs is 2. The monoisotopic (exact) mass is 183 g/mol. The van der Waals surface area contributed by atoms with Crippen LogP contribution in [0.15, 0.2) is 0 Å². The number of likely N-dealkylation sites (tertiary alicyclic amines) is 1. The summed E-state index contributed by atoms with van der Waals surface area (Å²) in [6.45, 7) is 4.97. The van der Waals surface area contributed by atoms with Crippen LogP contribution in [0.25, 0.3) is 0 Å². The minimum Gasteiger partial charge on any atom is -0.309 e. The van der Waals surface area contributed by atoms with Gasteiger partial charge in [-0.05, 0) is 26.9 Å². The Balaban J connectivity index is 1.75. The van der Waals surface area contributed by atoms with E-state index in [9.17, 15) is 0 Å². The predicted octanol–water partition coefficient (Wildman–Crippen LogP) is -0.0158. The molecule has 2 bridgehead atoms. The van der Waals surface area contributed by atoms with Gasteiger partial charge in [0, 0.05) is 38.3 Å². The SMILES string of the molecule is CN(C)CCN1CC2CCC(C1)N2. The van der Waals surface area contributed by atoms with Crippen LogP contribution < -0.4 is 5.32 Å². The number of nitrogens with one attached hydrogen (secondary N) is 1. The average Bonchev–Trinajstić information content (AvgIpc) is 2.42. The van der Waals surface area contributed by atoms with Crippen molar-refractivity contribution >= 4 is 0 Å². The zero-order valence-corrected chi connectivity index (χ0v) is 8.79. The molecular formula is C10H21N3. The molecule has 0 aliphatic carbocycles. The molecule has 76 valence electrons. The molecule has 0 aromatic heterocycles. The molecular weight excluding hydrogens is 162 g/mol. The Kier molecular flexibility index (Phi) is 2.86. The third-order valence-corrected chi connectivity index (χ3v) is 3.16. The van der Waals surface area contributed by atoms with Crippen LogP contribution in [-0.4, -0.2) is 62.2 Å². The predicted molar refractivity (Wildman–Crippen MR) is 54.9 cm³/mol. The van der Waals surface area contributed by atoms with E-state index in [0.29, 0.717) is 0 Å². The Labute approximate surface area is 81.1 Å². The molecule has 0 saturated carbocycles. The van der Waals surface area contributed by atoms with Crippen molar-refractivity contribution in [2.75, 3.05) is 40.3 Å². The highest BCUT2D eigenvalue weighted by Gasteiger charge is 2.31. The van der Waals surface area contributed by atoms with E-state index in [2.05, 4.69) is 29.2 Å².